The summed E-state index contributed by atoms with van der Waals surface area (Å²) in [5, 5.41) is 13.5. The van der Waals surface area contributed by atoms with Crippen LogP contribution in [-0.4, -0.2) is 15.2 Å². The number of hydrogen-bond acceptors (Lipinski definition) is 6. The molecule has 1 aliphatic heterocycles. The zero-order valence-corrected chi connectivity index (χ0v) is 13.6. The maximum absolute atomic E-state index is 11.6. The van der Waals surface area contributed by atoms with Crippen molar-refractivity contribution < 1.29 is 14.1 Å². The summed E-state index contributed by atoms with van der Waals surface area (Å²) >= 11 is 11.8. The molecule has 1 aromatic heterocycles. The van der Waals surface area contributed by atoms with Crippen LogP contribution in [0.1, 0.15) is 5.76 Å². The standard InChI is InChI=1S/C14H7ClN2O4S2/c15-9-3-1-7(5-10(9)17(19)20)11-4-2-8(21-11)6-12-13(18)16-14(22)23-12/h1-6H,(H,16,18,22)/b12-6+. The molecule has 0 saturated carbocycles. The Labute approximate surface area is 144 Å². The first kappa shape index (κ1) is 15.7. The number of nitro benzene ring substituents is 1. The van der Waals surface area contributed by atoms with Crippen LogP contribution in [0, 0.1) is 10.1 Å². The van der Waals surface area contributed by atoms with Gasteiger partial charge >= 0.3 is 0 Å². The number of amides is 1. The summed E-state index contributed by atoms with van der Waals surface area (Å²) in [7, 11) is 0. The maximum atomic E-state index is 11.6. The van der Waals surface area contributed by atoms with Crippen LogP contribution >= 0.6 is 35.6 Å². The second kappa shape index (κ2) is 6.15. The summed E-state index contributed by atoms with van der Waals surface area (Å²) in [4.78, 5) is 22.4. The minimum atomic E-state index is -0.557. The molecule has 0 aliphatic carbocycles. The van der Waals surface area contributed by atoms with E-state index in [0.29, 0.717) is 26.3 Å². The molecule has 0 radical (unpaired) electrons. The summed E-state index contributed by atoms with van der Waals surface area (Å²) in [6.07, 6.45) is 1.56. The molecule has 116 valence electrons. The van der Waals surface area contributed by atoms with Crippen molar-refractivity contribution in [2.75, 3.05) is 0 Å². The van der Waals surface area contributed by atoms with Crippen molar-refractivity contribution in [3.05, 3.63) is 56.1 Å². The Morgan fingerprint density at radius 1 is 1.35 bits per heavy atom. The SMILES string of the molecule is O=C1NC(=S)S/C1=C/c1ccc(-c2ccc(Cl)c([N+](=O)[O-])c2)o1. The van der Waals surface area contributed by atoms with Crippen molar-refractivity contribution in [3.63, 3.8) is 0 Å². The average molecular weight is 367 g/mol. The Hall–Kier alpha value is -2.16. The maximum Gasteiger partial charge on any atom is 0.288 e. The normalized spacial score (nSPS) is 16.0. The molecule has 23 heavy (non-hydrogen) atoms. The van der Waals surface area contributed by atoms with Gasteiger partial charge in [-0.05, 0) is 24.3 Å². The zero-order chi connectivity index (χ0) is 16.6. The van der Waals surface area contributed by atoms with Crippen LogP contribution < -0.4 is 5.32 Å². The van der Waals surface area contributed by atoms with Gasteiger partial charge in [0.1, 0.15) is 20.9 Å². The predicted octanol–water partition coefficient (Wildman–Crippen LogP) is 4.00. The van der Waals surface area contributed by atoms with Gasteiger partial charge in [-0.15, -0.1) is 0 Å². The molecule has 3 rings (SSSR count). The van der Waals surface area contributed by atoms with Crippen molar-refractivity contribution in [1.29, 1.82) is 0 Å². The second-order valence-corrected chi connectivity index (χ2v) is 6.60. The Bertz CT molecular complexity index is 875. The largest absolute Gasteiger partial charge is 0.457 e. The van der Waals surface area contributed by atoms with Gasteiger partial charge in [0.05, 0.1) is 9.83 Å². The highest BCUT2D eigenvalue weighted by atomic mass is 35.5. The quantitative estimate of drug-likeness (QED) is 0.382. The van der Waals surface area contributed by atoms with Gasteiger partial charge in [0.15, 0.2) is 0 Å². The second-order valence-electron chi connectivity index (χ2n) is 4.48. The molecule has 1 aromatic carbocycles. The van der Waals surface area contributed by atoms with E-state index < -0.39 is 4.92 Å². The van der Waals surface area contributed by atoms with E-state index in [1.54, 1.807) is 24.3 Å². The summed E-state index contributed by atoms with van der Waals surface area (Å²) in [5.41, 5.74) is 0.321. The van der Waals surface area contributed by atoms with Gasteiger partial charge in [-0.2, -0.15) is 0 Å². The van der Waals surface area contributed by atoms with Gasteiger partial charge in [-0.1, -0.05) is 35.6 Å². The summed E-state index contributed by atoms with van der Waals surface area (Å²) in [5.74, 6) is 0.600. The monoisotopic (exact) mass is 366 g/mol. The number of nitrogens with zero attached hydrogens (tertiary/aromatic N) is 1. The van der Waals surface area contributed by atoms with Crippen molar-refractivity contribution in [3.8, 4) is 11.3 Å². The number of nitro groups is 1. The number of carbonyl (C=O) groups excluding carboxylic acids is 1. The Balaban J connectivity index is 1.92. The highest BCUT2D eigenvalue weighted by Crippen LogP contribution is 2.32. The van der Waals surface area contributed by atoms with Crippen LogP contribution in [0.2, 0.25) is 5.02 Å². The predicted molar refractivity (Wildman–Crippen MR) is 92.1 cm³/mol. The first-order valence-corrected chi connectivity index (χ1v) is 7.83. The topological polar surface area (TPSA) is 85.4 Å². The number of halogens is 1. The van der Waals surface area contributed by atoms with Gasteiger partial charge in [0, 0.05) is 17.7 Å². The average Bonchev–Trinajstić information content (AvgIpc) is 3.06. The fraction of sp³-hybridized carbons (Fsp3) is 0. The van der Waals surface area contributed by atoms with Gasteiger partial charge in [-0.3, -0.25) is 14.9 Å². The molecule has 0 atom stereocenters. The molecular formula is C14H7ClN2O4S2. The van der Waals surface area contributed by atoms with Crippen LogP contribution in [0.15, 0.2) is 39.7 Å². The van der Waals surface area contributed by atoms with Crippen molar-refractivity contribution in [2.45, 2.75) is 0 Å². The molecule has 2 aromatic rings. The van der Waals surface area contributed by atoms with Crippen LogP contribution in [0.5, 0.6) is 0 Å². The highest BCUT2D eigenvalue weighted by Gasteiger charge is 2.22. The molecule has 1 amide bonds. The molecule has 0 bridgehead atoms. The molecule has 2 heterocycles. The van der Waals surface area contributed by atoms with E-state index in [-0.39, 0.29) is 16.6 Å². The van der Waals surface area contributed by atoms with Gasteiger partial charge in [-0.25, -0.2) is 0 Å². The lowest BCUT2D eigenvalue weighted by molar-refractivity contribution is -0.384. The number of carbonyl (C=O) groups is 1. The van der Waals surface area contributed by atoms with Crippen LogP contribution in [0.4, 0.5) is 5.69 Å². The lowest BCUT2D eigenvalue weighted by atomic mass is 10.1. The lowest BCUT2D eigenvalue weighted by Crippen LogP contribution is -2.17. The number of thiocarbonyl (C=S) groups is 1. The molecule has 0 spiro atoms. The van der Waals surface area contributed by atoms with E-state index in [0.717, 1.165) is 11.8 Å². The number of furan rings is 1. The van der Waals surface area contributed by atoms with Gasteiger partial charge < -0.3 is 9.73 Å². The fourth-order valence-electron chi connectivity index (χ4n) is 1.94. The molecule has 0 unspecified atom stereocenters. The lowest BCUT2D eigenvalue weighted by Gasteiger charge is -1.99. The van der Waals surface area contributed by atoms with Crippen molar-refractivity contribution in [2.24, 2.45) is 0 Å². The highest BCUT2D eigenvalue weighted by molar-refractivity contribution is 8.26. The Morgan fingerprint density at radius 3 is 2.78 bits per heavy atom. The summed E-state index contributed by atoms with van der Waals surface area (Å²) in [6, 6.07) is 7.73. The molecule has 1 fully saturated rings. The number of benzene rings is 1. The minimum absolute atomic E-state index is 0.0557. The number of hydrogen-bond donors (Lipinski definition) is 1. The molecule has 1 aliphatic rings. The van der Waals surface area contributed by atoms with Crippen LogP contribution in [-0.2, 0) is 4.79 Å². The van der Waals surface area contributed by atoms with E-state index in [1.807, 2.05) is 0 Å². The van der Waals surface area contributed by atoms with Crippen molar-refractivity contribution in [1.82, 2.24) is 5.32 Å². The van der Waals surface area contributed by atoms with Crippen molar-refractivity contribution >= 4 is 57.6 Å². The minimum Gasteiger partial charge on any atom is -0.457 e. The summed E-state index contributed by atoms with van der Waals surface area (Å²) in [6.45, 7) is 0. The fourth-order valence-corrected chi connectivity index (χ4v) is 3.15. The third-order valence-electron chi connectivity index (χ3n) is 2.97. The smallest absolute Gasteiger partial charge is 0.288 e. The first-order chi connectivity index (χ1) is 10.9. The number of nitrogens with one attached hydrogen (secondary N) is 1. The van der Waals surface area contributed by atoms with E-state index in [4.69, 9.17) is 28.2 Å². The first-order valence-electron chi connectivity index (χ1n) is 6.23. The molecular weight excluding hydrogens is 360 g/mol. The molecule has 1 N–H and O–H groups in total. The Morgan fingerprint density at radius 2 is 2.13 bits per heavy atom. The zero-order valence-electron chi connectivity index (χ0n) is 11.2. The van der Waals surface area contributed by atoms with E-state index >= 15 is 0 Å². The Kier molecular flexibility index (Phi) is 4.20. The number of rotatable bonds is 3. The molecule has 9 heteroatoms. The number of thioether (sulfide) groups is 1. The van der Waals surface area contributed by atoms with E-state index in [1.165, 1.54) is 12.1 Å². The van der Waals surface area contributed by atoms with E-state index in [2.05, 4.69) is 5.32 Å². The van der Waals surface area contributed by atoms with Gasteiger partial charge in [0.25, 0.3) is 11.6 Å². The van der Waals surface area contributed by atoms with Crippen LogP contribution in [0.3, 0.4) is 0 Å². The summed E-state index contributed by atoms with van der Waals surface area (Å²) < 4.78 is 6.00. The van der Waals surface area contributed by atoms with Crippen LogP contribution in [0.25, 0.3) is 17.4 Å². The third kappa shape index (κ3) is 3.29. The van der Waals surface area contributed by atoms with E-state index in [9.17, 15) is 14.9 Å². The van der Waals surface area contributed by atoms with Gasteiger partial charge in [0.2, 0.25) is 0 Å². The third-order valence-corrected chi connectivity index (χ3v) is 4.45. The molecule has 1 saturated heterocycles. The molecule has 6 nitrogen and oxygen atoms in total.